The molecule has 0 aliphatic carbocycles. The van der Waals surface area contributed by atoms with E-state index in [-0.39, 0.29) is 17.2 Å². The van der Waals surface area contributed by atoms with Crippen LogP contribution in [0.3, 0.4) is 0 Å². The Kier molecular flexibility index (Phi) is 5.63. The second-order valence-corrected chi connectivity index (χ2v) is 7.52. The lowest BCUT2D eigenvalue weighted by Crippen LogP contribution is -2.29. The number of Topliss-reactive ketones (excluding diaryl/α,β-unsaturated/α-hetero) is 1. The van der Waals surface area contributed by atoms with E-state index in [1.807, 2.05) is 0 Å². The van der Waals surface area contributed by atoms with Crippen molar-refractivity contribution in [2.45, 2.75) is 13.0 Å². The number of carbonyl (C=O) groups is 2. The molecule has 1 N–H and O–H groups in total. The van der Waals surface area contributed by atoms with Gasteiger partial charge in [-0.2, -0.15) is 0 Å². The van der Waals surface area contributed by atoms with E-state index in [2.05, 4.69) is 5.16 Å². The largest absolute Gasteiger partial charge is 0.507 e. The lowest BCUT2D eigenvalue weighted by molar-refractivity contribution is -0.132. The summed E-state index contributed by atoms with van der Waals surface area (Å²) in [5.74, 6) is -0.527. The van der Waals surface area contributed by atoms with Gasteiger partial charge in [0.1, 0.15) is 11.5 Å². The fourth-order valence-electron chi connectivity index (χ4n) is 3.64. The first-order valence-corrected chi connectivity index (χ1v) is 9.95. The van der Waals surface area contributed by atoms with Crippen LogP contribution in [0.15, 0.2) is 58.6 Å². The molecule has 1 saturated heterocycles. The first-order chi connectivity index (χ1) is 15.3. The molecule has 3 aromatic rings. The summed E-state index contributed by atoms with van der Waals surface area (Å²) < 4.78 is 15.8. The molecule has 1 fully saturated rings. The number of amides is 1. The molecule has 164 valence electrons. The highest BCUT2D eigenvalue weighted by Crippen LogP contribution is 2.43. The van der Waals surface area contributed by atoms with Gasteiger partial charge in [-0.15, -0.1) is 0 Å². The van der Waals surface area contributed by atoms with Crippen LogP contribution in [0.25, 0.3) is 5.76 Å². The smallest absolute Gasteiger partial charge is 0.301 e. The van der Waals surface area contributed by atoms with Crippen LogP contribution in [0, 0.1) is 6.92 Å². The van der Waals surface area contributed by atoms with Gasteiger partial charge >= 0.3 is 5.91 Å². The van der Waals surface area contributed by atoms with E-state index in [1.165, 1.54) is 19.1 Å². The van der Waals surface area contributed by atoms with Gasteiger partial charge in [-0.3, -0.25) is 14.5 Å². The number of aliphatic hydroxyl groups is 1. The summed E-state index contributed by atoms with van der Waals surface area (Å²) in [5.41, 5.74) is 0.762. The zero-order valence-electron chi connectivity index (χ0n) is 17.5. The molecule has 1 aliphatic rings. The van der Waals surface area contributed by atoms with Gasteiger partial charge < -0.3 is 19.1 Å². The first kappa shape index (κ1) is 21.5. The van der Waals surface area contributed by atoms with E-state index < -0.39 is 17.7 Å². The molecule has 0 saturated carbocycles. The van der Waals surface area contributed by atoms with Crippen LogP contribution in [-0.2, 0) is 9.59 Å². The van der Waals surface area contributed by atoms with E-state index in [1.54, 1.807) is 55.5 Å². The number of hydrogen-bond donors (Lipinski definition) is 1. The zero-order chi connectivity index (χ0) is 23.0. The second-order valence-electron chi connectivity index (χ2n) is 7.09. The van der Waals surface area contributed by atoms with Crippen molar-refractivity contribution >= 4 is 34.9 Å². The zero-order valence-corrected chi connectivity index (χ0v) is 18.2. The molecule has 9 heteroatoms. The molecule has 0 spiro atoms. The van der Waals surface area contributed by atoms with Crippen molar-refractivity contribution in [2.75, 3.05) is 19.1 Å². The molecule has 1 aliphatic heterocycles. The molecular weight excluding hydrogens is 436 g/mol. The third-order valence-electron chi connectivity index (χ3n) is 5.15. The van der Waals surface area contributed by atoms with Crippen molar-refractivity contribution in [1.29, 1.82) is 0 Å². The summed E-state index contributed by atoms with van der Waals surface area (Å²) in [6.45, 7) is 1.67. The van der Waals surface area contributed by atoms with E-state index in [0.717, 1.165) is 0 Å². The number of anilines is 1. The minimum atomic E-state index is -0.977. The van der Waals surface area contributed by atoms with Crippen molar-refractivity contribution in [2.24, 2.45) is 0 Å². The number of rotatable bonds is 5. The van der Waals surface area contributed by atoms with Crippen LogP contribution in [0.2, 0.25) is 5.02 Å². The van der Waals surface area contributed by atoms with Gasteiger partial charge in [0.2, 0.25) is 0 Å². The average molecular weight is 455 g/mol. The molecule has 8 nitrogen and oxygen atoms in total. The van der Waals surface area contributed by atoms with Crippen LogP contribution in [-0.4, -0.2) is 36.2 Å². The molecule has 1 atom stereocenters. The van der Waals surface area contributed by atoms with Gasteiger partial charge in [0.05, 0.1) is 25.8 Å². The minimum Gasteiger partial charge on any atom is -0.507 e. The third-order valence-corrected chi connectivity index (χ3v) is 5.40. The number of aliphatic hydroxyl groups excluding tert-OH is 1. The van der Waals surface area contributed by atoms with Crippen LogP contribution in [0.1, 0.15) is 22.9 Å². The first-order valence-electron chi connectivity index (χ1n) is 9.58. The fraction of sp³-hybridized carbons (Fsp3) is 0.174. The van der Waals surface area contributed by atoms with E-state index in [0.29, 0.717) is 33.4 Å². The van der Waals surface area contributed by atoms with Gasteiger partial charge in [-0.1, -0.05) is 22.8 Å². The molecule has 0 unspecified atom stereocenters. The number of ketones is 1. The standard InChI is InChI=1S/C23H19ClN2O6/c1-12-10-18(25-32-12)26-20(14-6-9-16(30-2)17(11-14)31-3)19(22(28)23(26)29)21(27)13-4-7-15(24)8-5-13/h4-11,20,27H,1-3H3/t20-/m0/s1. The van der Waals surface area contributed by atoms with E-state index in [4.69, 9.17) is 25.6 Å². The Hall–Kier alpha value is -3.78. The van der Waals surface area contributed by atoms with E-state index >= 15 is 0 Å². The topological polar surface area (TPSA) is 102 Å². The summed E-state index contributed by atoms with van der Waals surface area (Å²) in [4.78, 5) is 27.3. The third kappa shape index (κ3) is 3.58. The quantitative estimate of drug-likeness (QED) is 0.348. The average Bonchev–Trinajstić information content (AvgIpc) is 3.34. The Bertz CT molecular complexity index is 1230. The van der Waals surface area contributed by atoms with Crippen molar-refractivity contribution in [3.63, 3.8) is 0 Å². The highest BCUT2D eigenvalue weighted by molar-refractivity contribution is 6.51. The lowest BCUT2D eigenvalue weighted by Gasteiger charge is -2.23. The Morgan fingerprint density at radius 2 is 1.75 bits per heavy atom. The number of methoxy groups -OCH3 is 2. The van der Waals surface area contributed by atoms with Gasteiger partial charge in [0, 0.05) is 16.7 Å². The molecule has 2 aromatic carbocycles. The van der Waals surface area contributed by atoms with E-state index in [9.17, 15) is 14.7 Å². The van der Waals surface area contributed by atoms with Crippen molar-refractivity contribution in [1.82, 2.24) is 5.16 Å². The Balaban J connectivity index is 1.95. The molecular formula is C23H19ClN2O6. The Labute approximate surface area is 188 Å². The van der Waals surface area contributed by atoms with Gasteiger partial charge in [-0.05, 0) is 48.9 Å². The monoisotopic (exact) mass is 454 g/mol. The van der Waals surface area contributed by atoms with Crippen LogP contribution in [0.4, 0.5) is 5.82 Å². The maximum Gasteiger partial charge on any atom is 0.301 e. The SMILES string of the molecule is COc1ccc([C@H]2C(=C(O)c3ccc(Cl)cc3)C(=O)C(=O)N2c2cc(C)on2)cc1OC. The summed E-state index contributed by atoms with van der Waals surface area (Å²) in [6, 6.07) is 11.9. The number of nitrogens with zero attached hydrogens (tertiary/aromatic N) is 2. The summed E-state index contributed by atoms with van der Waals surface area (Å²) >= 11 is 5.95. The van der Waals surface area contributed by atoms with Crippen LogP contribution in [0.5, 0.6) is 11.5 Å². The van der Waals surface area contributed by atoms with Gasteiger partial charge in [-0.25, -0.2) is 0 Å². The molecule has 4 rings (SSSR count). The molecule has 0 bridgehead atoms. The van der Waals surface area contributed by atoms with Crippen LogP contribution >= 0.6 is 11.6 Å². The number of aryl methyl sites for hydroxylation is 1. The number of aromatic nitrogens is 1. The summed E-state index contributed by atoms with van der Waals surface area (Å²) in [5, 5.41) is 15.4. The van der Waals surface area contributed by atoms with Gasteiger partial charge in [0.25, 0.3) is 5.78 Å². The Morgan fingerprint density at radius 3 is 2.34 bits per heavy atom. The number of benzene rings is 2. The van der Waals surface area contributed by atoms with Crippen molar-refractivity contribution in [3.8, 4) is 11.5 Å². The highest BCUT2D eigenvalue weighted by atomic mass is 35.5. The Morgan fingerprint density at radius 1 is 1.06 bits per heavy atom. The summed E-state index contributed by atoms with van der Waals surface area (Å²) in [7, 11) is 2.98. The highest BCUT2D eigenvalue weighted by Gasteiger charge is 2.48. The molecule has 1 amide bonds. The van der Waals surface area contributed by atoms with Crippen LogP contribution < -0.4 is 14.4 Å². The molecule has 32 heavy (non-hydrogen) atoms. The predicted octanol–water partition coefficient (Wildman–Crippen LogP) is 4.28. The van der Waals surface area contributed by atoms with Gasteiger partial charge in [0.15, 0.2) is 17.3 Å². The lowest BCUT2D eigenvalue weighted by atomic mass is 9.95. The minimum absolute atomic E-state index is 0.0924. The maximum atomic E-state index is 13.1. The fourth-order valence-corrected chi connectivity index (χ4v) is 3.76. The number of halogens is 1. The predicted molar refractivity (Wildman–Crippen MR) is 117 cm³/mol. The number of hydrogen-bond acceptors (Lipinski definition) is 7. The summed E-state index contributed by atoms with van der Waals surface area (Å²) in [6.07, 6.45) is 0. The molecule has 0 radical (unpaired) electrons. The molecule has 1 aromatic heterocycles. The second kappa shape index (κ2) is 8.39. The normalized spacial score (nSPS) is 17.6. The number of ether oxygens (including phenoxy) is 2. The van der Waals surface area contributed by atoms with Crippen molar-refractivity contribution < 1.29 is 28.7 Å². The maximum absolute atomic E-state index is 13.1. The van der Waals surface area contributed by atoms with Crippen molar-refractivity contribution in [3.05, 3.63) is 76.0 Å². The molecule has 2 heterocycles. The number of carbonyl (C=O) groups excluding carboxylic acids is 2.